The molecular formula is C24H27ClN2O5. The van der Waals surface area contributed by atoms with Gasteiger partial charge in [0.05, 0.1) is 39.0 Å². The zero-order valence-electron chi connectivity index (χ0n) is 18.5. The molecule has 0 unspecified atom stereocenters. The molecule has 0 N–H and O–H groups in total. The number of amides is 2. The average Bonchev–Trinajstić information content (AvgIpc) is 3.45. The van der Waals surface area contributed by atoms with Gasteiger partial charge in [-0.25, -0.2) is 0 Å². The first kappa shape index (κ1) is 22.3. The van der Waals surface area contributed by atoms with E-state index in [0.717, 1.165) is 18.4 Å². The highest BCUT2D eigenvalue weighted by atomic mass is 35.5. The summed E-state index contributed by atoms with van der Waals surface area (Å²) in [5, 5.41) is 0.511. The maximum atomic E-state index is 13.5. The molecule has 2 aliphatic heterocycles. The third-order valence-electron chi connectivity index (χ3n) is 6.23. The maximum Gasteiger partial charge on any atom is 0.228 e. The second kappa shape index (κ2) is 9.28. The number of carbonyl (C=O) groups is 2. The van der Waals surface area contributed by atoms with Crippen LogP contribution < -0.4 is 19.1 Å². The molecule has 4 rings (SSSR count). The fourth-order valence-electron chi connectivity index (χ4n) is 4.65. The summed E-state index contributed by atoms with van der Waals surface area (Å²) >= 11 is 6.15. The first-order valence-electron chi connectivity index (χ1n) is 10.6. The Balaban J connectivity index is 1.54. The average molecular weight is 459 g/mol. The second-order valence-electron chi connectivity index (χ2n) is 8.03. The highest BCUT2D eigenvalue weighted by Crippen LogP contribution is 2.40. The van der Waals surface area contributed by atoms with Crippen LogP contribution in [0.1, 0.15) is 30.9 Å². The number of rotatable bonds is 6. The van der Waals surface area contributed by atoms with Crippen molar-refractivity contribution in [2.75, 3.05) is 39.3 Å². The van der Waals surface area contributed by atoms with Gasteiger partial charge < -0.3 is 24.0 Å². The zero-order valence-corrected chi connectivity index (χ0v) is 19.2. The molecule has 0 spiro atoms. The van der Waals surface area contributed by atoms with Crippen molar-refractivity contribution < 1.29 is 23.8 Å². The molecule has 2 saturated heterocycles. The minimum atomic E-state index is -0.410. The molecule has 2 amide bonds. The van der Waals surface area contributed by atoms with Crippen LogP contribution in [0, 0.1) is 5.92 Å². The predicted octanol–water partition coefficient (Wildman–Crippen LogP) is 4.08. The molecule has 0 aliphatic carbocycles. The number of nitrogens with zero attached hydrogens (tertiary/aromatic N) is 2. The third-order valence-corrected chi connectivity index (χ3v) is 6.47. The molecule has 2 atom stereocenters. The predicted molar refractivity (Wildman–Crippen MR) is 122 cm³/mol. The van der Waals surface area contributed by atoms with Gasteiger partial charge >= 0.3 is 0 Å². The first-order chi connectivity index (χ1) is 15.5. The van der Waals surface area contributed by atoms with Gasteiger partial charge in [-0.3, -0.25) is 9.59 Å². The lowest BCUT2D eigenvalue weighted by atomic mass is 10.0. The number of methoxy groups -OCH3 is 3. The lowest BCUT2D eigenvalue weighted by Gasteiger charge is -2.28. The highest BCUT2D eigenvalue weighted by molar-refractivity contribution is 6.31. The van der Waals surface area contributed by atoms with Gasteiger partial charge in [0.2, 0.25) is 11.8 Å². The van der Waals surface area contributed by atoms with E-state index in [1.807, 2.05) is 23.1 Å². The molecule has 2 aliphatic rings. The molecule has 7 nitrogen and oxygen atoms in total. The maximum absolute atomic E-state index is 13.5. The fourth-order valence-corrected chi connectivity index (χ4v) is 4.82. The van der Waals surface area contributed by atoms with E-state index in [1.54, 1.807) is 44.4 Å². The summed E-state index contributed by atoms with van der Waals surface area (Å²) in [7, 11) is 4.75. The van der Waals surface area contributed by atoms with Crippen LogP contribution in [0.25, 0.3) is 0 Å². The van der Waals surface area contributed by atoms with E-state index in [-0.39, 0.29) is 24.3 Å². The minimum Gasteiger partial charge on any atom is -0.495 e. The summed E-state index contributed by atoms with van der Waals surface area (Å²) in [6.45, 7) is 0.979. The van der Waals surface area contributed by atoms with Crippen molar-refractivity contribution in [3.05, 3.63) is 47.0 Å². The van der Waals surface area contributed by atoms with E-state index in [0.29, 0.717) is 41.0 Å². The Morgan fingerprint density at radius 3 is 2.44 bits per heavy atom. The van der Waals surface area contributed by atoms with Crippen LogP contribution in [0.2, 0.25) is 5.02 Å². The van der Waals surface area contributed by atoms with Crippen LogP contribution in [0.15, 0.2) is 36.4 Å². The van der Waals surface area contributed by atoms with Crippen molar-refractivity contribution in [2.45, 2.75) is 25.3 Å². The first-order valence-corrected chi connectivity index (χ1v) is 11.0. The Hall–Kier alpha value is -2.93. The Morgan fingerprint density at radius 2 is 1.72 bits per heavy atom. The fraction of sp³-hybridized carbons (Fsp3) is 0.417. The number of anilines is 1. The summed E-state index contributed by atoms with van der Waals surface area (Å²) in [4.78, 5) is 29.8. The molecule has 2 heterocycles. The largest absolute Gasteiger partial charge is 0.495 e. The Labute approximate surface area is 192 Å². The summed E-state index contributed by atoms with van der Waals surface area (Å²) in [6.07, 6.45) is 1.95. The topological polar surface area (TPSA) is 68.3 Å². The van der Waals surface area contributed by atoms with Crippen molar-refractivity contribution in [2.24, 2.45) is 5.92 Å². The standard InChI is InChI=1S/C24H27ClN2O5/c1-30-20-9-7-17(25)13-19(20)27-14-16(12-23(27)28)24(29)26-10-4-5-18(26)15-6-8-21(31-2)22(11-15)32-3/h6-9,11,13,16,18H,4-5,10,12,14H2,1-3H3/t16-,18+/m1/s1. The monoisotopic (exact) mass is 458 g/mol. The summed E-state index contributed by atoms with van der Waals surface area (Å²) in [5.41, 5.74) is 1.60. The van der Waals surface area contributed by atoms with Crippen molar-refractivity contribution in [3.63, 3.8) is 0 Å². The Bertz CT molecular complexity index is 1030. The zero-order chi connectivity index (χ0) is 22.8. The lowest BCUT2D eigenvalue weighted by molar-refractivity contribution is -0.136. The Kier molecular flexibility index (Phi) is 6.46. The van der Waals surface area contributed by atoms with Crippen LogP contribution >= 0.6 is 11.6 Å². The molecule has 0 saturated carbocycles. The number of likely N-dealkylation sites (tertiary alicyclic amines) is 1. The lowest BCUT2D eigenvalue weighted by Crippen LogP contribution is -2.37. The molecular weight excluding hydrogens is 432 g/mol. The van der Waals surface area contributed by atoms with Gasteiger partial charge in [0.15, 0.2) is 11.5 Å². The van der Waals surface area contributed by atoms with E-state index < -0.39 is 5.92 Å². The van der Waals surface area contributed by atoms with Gasteiger partial charge in [-0.2, -0.15) is 0 Å². The van der Waals surface area contributed by atoms with E-state index in [9.17, 15) is 9.59 Å². The second-order valence-corrected chi connectivity index (χ2v) is 8.46. The van der Waals surface area contributed by atoms with Gasteiger partial charge in [0, 0.05) is 24.5 Å². The highest BCUT2D eigenvalue weighted by Gasteiger charge is 2.41. The van der Waals surface area contributed by atoms with Crippen molar-refractivity contribution in [1.82, 2.24) is 4.90 Å². The summed E-state index contributed by atoms with van der Waals surface area (Å²) in [5.74, 6) is 1.33. The third kappa shape index (κ3) is 4.09. The van der Waals surface area contributed by atoms with Gasteiger partial charge in [0.1, 0.15) is 5.75 Å². The molecule has 2 aromatic rings. The van der Waals surface area contributed by atoms with Crippen LogP contribution in [-0.4, -0.2) is 51.1 Å². The SMILES string of the molecule is COc1ccc([C@@H]2CCCN2C(=O)[C@@H]2CC(=O)N(c3cc(Cl)ccc3OC)C2)cc1OC. The molecule has 170 valence electrons. The van der Waals surface area contributed by atoms with Crippen molar-refractivity contribution in [1.29, 1.82) is 0 Å². The number of hydrogen-bond acceptors (Lipinski definition) is 5. The van der Waals surface area contributed by atoms with Crippen LogP contribution in [0.5, 0.6) is 17.2 Å². The van der Waals surface area contributed by atoms with Crippen molar-refractivity contribution in [3.8, 4) is 17.2 Å². The Morgan fingerprint density at radius 1 is 1.00 bits per heavy atom. The van der Waals surface area contributed by atoms with Gasteiger partial charge in [-0.1, -0.05) is 17.7 Å². The van der Waals surface area contributed by atoms with E-state index in [4.69, 9.17) is 25.8 Å². The molecule has 0 aromatic heterocycles. The van der Waals surface area contributed by atoms with Crippen molar-refractivity contribution >= 4 is 29.1 Å². The number of benzene rings is 2. The number of carbonyl (C=O) groups excluding carboxylic acids is 2. The molecule has 2 fully saturated rings. The number of hydrogen-bond donors (Lipinski definition) is 0. The van der Waals surface area contributed by atoms with E-state index >= 15 is 0 Å². The smallest absolute Gasteiger partial charge is 0.228 e. The molecule has 2 aromatic carbocycles. The summed E-state index contributed by atoms with van der Waals surface area (Å²) in [6, 6.07) is 10.9. The van der Waals surface area contributed by atoms with E-state index in [2.05, 4.69) is 0 Å². The van der Waals surface area contributed by atoms with Gasteiger partial charge in [0.25, 0.3) is 0 Å². The van der Waals surface area contributed by atoms with Crippen LogP contribution in [-0.2, 0) is 9.59 Å². The molecule has 0 bridgehead atoms. The number of ether oxygens (including phenoxy) is 3. The number of halogens is 1. The van der Waals surface area contributed by atoms with Crippen LogP contribution in [0.4, 0.5) is 5.69 Å². The summed E-state index contributed by atoms with van der Waals surface area (Å²) < 4.78 is 16.2. The normalized spacial score (nSPS) is 20.6. The van der Waals surface area contributed by atoms with Gasteiger partial charge in [-0.15, -0.1) is 0 Å². The quantitative estimate of drug-likeness (QED) is 0.652. The minimum absolute atomic E-state index is 0.000806. The molecule has 8 heteroatoms. The van der Waals surface area contributed by atoms with Crippen LogP contribution in [0.3, 0.4) is 0 Å². The molecule has 32 heavy (non-hydrogen) atoms. The van der Waals surface area contributed by atoms with E-state index in [1.165, 1.54) is 0 Å². The van der Waals surface area contributed by atoms with Gasteiger partial charge in [-0.05, 0) is 48.7 Å². The molecule has 0 radical (unpaired) electrons.